The molecule has 3 atom stereocenters. The average Bonchev–Trinajstić information content (AvgIpc) is 2.57. The minimum Gasteiger partial charge on any atom is -0.550 e. The molecule has 0 saturated carbocycles. The Labute approximate surface area is 151 Å². The minimum atomic E-state index is -1.02. The van der Waals surface area contributed by atoms with Gasteiger partial charge in [-0.05, 0) is 38.5 Å². The third-order valence-electron chi connectivity index (χ3n) is 3.76. The first-order chi connectivity index (χ1) is 12.0. The molecule has 5 nitrogen and oxygen atoms in total. The number of carbonyl (C=O) groups excluding carboxylic acids is 1. The summed E-state index contributed by atoms with van der Waals surface area (Å²) in [6.45, 7) is 2.10. The van der Waals surface area contributed by atoms with Crippen molar-refractivity contribution in [2.75, 3.05) is 0 Å². The maximum atomic E-state index is 10.2. The number of carboxylic acid groups (broad SMARTS) is 1. The van der Waals surface area contributed by atoms with Crippen LogP contribution in [0.5, 0.6) is 0 Å². The van der Waals surface area contributed by atoms with E-state index in [9.17, 15) is 25.2 Å². The molecule has 0 amide bonds. The Morgan fingerprint density at radius 3 is 2.40 bits per heavy atom. The van der Waals surface area contributed by atoms with Crippen LogP contribution in [0.15, 0.2) is 36.5 Å². The maximum absolute atomic E-state index is 10.2. The number of aliphatic hydroxyl groups excluding tert-OH is 3. The van der Waals surface area contributed by atoms with E-state index in [2.05, 4.69) is 6.92 Å². The van der Waals surface area contributed by atoms with Gasteiger partial charge in [0.15, 0.2) is 0 Å². The van der Waals surface area contributed by atoms with Crippen molar-refractivity contribution in [3.63, 3.8) is 0 Å². The molecule has 5 heteroatoms. The van der Waals surface area contributed by atoms with Crippen LogP contribution in [0.1, 0.15) is 64.7 Å². The SMILES string of the molecule is CCCCCC(O)/C=C/C(O)C(O)C/C=C\C/C=C\CCCC(=O)[O-]. The Balaban J connectivity index is 3.86. The van der Waals surface area contributed by atoms with Gasteiger partial charge in [-0.25, -0.2) is 0 Å². The topological polar surface area (TPSA) is 101 Å². The van der Waals surface area contributed by atoms with Gasteiger partial charge in [-0.2, -0.15) is 0 Å². The van der Waals surface area contributed by atoms with Gasteiger partial charge in [-0.1, -0.05) is 62.6 Å². The van der Waals surface area contributed by atoms with Gasteiger partial charge in [0.25, 0.3) is 0 Å². The molecule has 0 rings (SSSR count). The molecule has 0 aromatic heterocycles. The Hall–Kier alpha value is -1.43. The Kier molecular flexibility index (Phi) is 15.1. The van der Waals surface area contributed by atoms with Crippen molar-refractivity contribution in [1.29, 1.82) is 0 Å². The molecule has 0 spiro atoms. The highest BCUT2D eigenvalue weighted by molar-refractivity contribution is 5.64. The van der Waals surface area contributed by atoms with Crippen LogP contribution in [0.4, 0.5) is 0 Å². The van der Waals surface area contributed by atoms with Crippen LogP contribution in [0.2, 0.25) is 0 Å². The van der Waals surface area contributed by atoms with Gasteiger partial charge in [0, 0.05) is 5.97 Å². The second kappa shape index (κ2) is 16.1. The van der Waals surface area contributed by atoms with Crippen LogP contribution in [0.3, 0.4) is 0 Å². The first kappa shape index (κ1) is 23.6. The standard InChI is InChI=1S/C20H34O5/c1-2-3-9-12-17(21)15-16-19(23)18(22)13-10-7-5-4-6-8-11-14-20(24)25/h4,6-7,10,15-19,21-23H,2-3,5,8-9,11-14H2,1H3,(H,24,25)/p-1/b6-4-,10-7-,16-15+. The van der Waals surface area contributed by atoms with Crippen molar-refractivity contribution < 1.29 is 25.2 Å². The summed E-state index contributed by atoms with van der Waals surface area (Å²) in [6.07, 6.45) is 14.2. The molecular weight excluding hydrogens is 320 g/mol. The van der Waals surface area contributed by atoms with Crippen molar-refractivity contribution in [2.24, 2.45) is 0 Å². The number of carbonyl (C=O) groups is 1. The summed E-state index contributed by atoms with van der Waals surface area (Å²) in [5.74, 6) is -1.02. The van der Waals surface area contributed by atoms with Crippen molar-refractivity contribution in [2.45, 2.75) is 83.0 Å². The number of unbranched alkanes of at least 4 members (excludes halogenated alkanes) is 3. The second-order valence-electron chi connectivity index (χ2n) is 6.18. The number of rotatable bonds is 15. The van der Waals surface area contributed by atoms with Crippen LogP contribution in [0.25, 0.3) is 0 Å². The van der Waals surface area contributed by atoms with E-state index in [-0.39, 0.29) is 6.42 Å². The number of hydrogen-bond acceptors (Lipinski definition) is 5. The van der Waals surface area contributed by atoms with Gasteiger partial charge in [0.05, 0.1) is 18.3 Å². The quantitative estimate of drug-likeness (QED) is 0.309. The summed E-state index contributed by atoms with van der Waals surface area (Å²) in [7, 11) is 0. The third-order valence-corrected chi connectivity index (χ3v) is 3.76. The molecule has 0 aliphatic carbocycles. The second-order valence-corrected chi connectivity index (χ2v) is 6.18. The first-order valence-corrected chi connectivity index (χ1v) is 9.19. The van der Waals surface area contributed by atoms with Gasteiger partial charge in [-0.3, -0.25) is 0 Å². The van der Waals surface area contributed by atoms with Crippen LogP contribution in [-0.2, 0) is 4.79 Å². The summed E-state index contributed by atoms with van der Waals surface area (Å²) in [5, 5.41) is 39.6. The van der Waals surface area contributed by atoms with E-state index in [1.165, 1.54) is 6.08 Å². The predicted molar refractivity (Wildman–Crippen MR) is 97.7 cm³/mol. The van der Waals surface area contributed by atoms with E-state index >= 15 is 0 Å². The number of aliphatic hydroxyl groups is 3. The zero-order chi connectivity index (χ0) is 18.9. The normalized spacial score (nSPS) is 16.0. The summed E-state index contributed by atoms with van der Waals surface area (Å²) >= 11 is 0. The molecule has 0 bridgehead atoms. The molecule has 0 aliphatic heterocycles. The summed E-state index contributed by atoms with van der Waals surface area (Å²) in [6, 6.07) is 0. The largest absolute Gasteiger partial charge is 0.550 e. The van der Waals surface area contributed by atoms with E-state index in [0.29, 0.717) is 32.1 Å². The highest BCUT2D eigenvalue weighted by Crippen LogP contribution is 2.07. The molecule has 0 heterocycles. The number of aliphatic carboxylic acids is 1. The van der Waals surface area contributed by atoms with Gasteiger partial charge < -0.3 is 25.2 Å². The van der Waals surface area contributed by atoms with Crippen LogP contribution >= 0.6 is 0 Å². The van der Waals surface area contributed by atoms with E-state index in [0.717, 1.165) is 19.3 Å². The fraction of sp³-hybridized carbons (Fsp3) is 0.650. The first-order valence-electron chi connectivity index (χ1n) is 9.19. The van der Waals surface area contributed by atoms with E-state index in [4.69, 9.17) is 0 Å². The number of carboxylic acids is 1. The molecule has 0 fully saturated rings. The van der Waals surface area contributed by atoms with E-state index < -0.39 is 24.3 Å². The number of hydrogen-bond donors (Lipinski definition) is 3. The smallest absolute Gasteiger partial charge is 0.0983 e. The number of allylic oxidation sites excluding steroid dienone is 3. The Morgan fingerprint density at radius 2 is 1.72 bits per heavy atom. The molecule has 3 unspecified atom stereocenters. The van der Waals surface area contributed by atoms with Crippen LogP contribution in [0, 0.1) is 0 Å². The van der Waals surface area contributed by atoms with Crippen LogP contribution in [-0.4, -0.2) is 39.6 Å². The lowest BCUT2D eigenvalue weighted by atomic mass is 10.1. The zero-order valence-electron chi connectivity index (χ0n) is 15.2. The molecule has 0 aliphatic rings. The van der Waals surface area contributed by atoms with Gasteiger partial charge >= 0.3 is 0 Å². The Morgan fingerprint density at radius 1 is 1.00 bits per heavy atom. The monoisotopic (exact) mass is 353 g/mol. The molecule has 0 radical (unpaired) electrons. The molecule has 144 valence electrons. The molecule has 0 aromatic carbocycles. The van der Waals surface area contributed by atoms with Crippen molar-refractivity contribution in [1.82, 2.24) is 0 Å². The van der Waals surface area contributed by atoms with Gasteiger partial charge in [0.2, 0.25) is 0 Å². The molecule has 3 N–H and O–H groups in total. The average molecular weight is 353 g/mol. The Bertz CT molecular complexity index is 414. The van der Waals surface area contributed by atoms with Crippen molar-refractivity contribution >= 4 is 5.97 Å². The molecule has 25 heavy (non-hydrogen) atoms. The predicted octanol–water partition coefficient (Wildman–Crippen LogP) is 2.02. The summed E-state index contributed by atoms with van der Waals surface area (Å²) in [4.78, 5) is 10.2. The maximum Gasteiger partial charge on any atom is 0.0983 e. The lowest BCUT2D eigenvalue weighted by Gasteiger charge is -2.13. The summed E-state index contributed by atoms with van der Waals surface area (Å²) in [5.41, 5.74) is 0. The summed E-state index contributed by atoms with van der Waals surface area (Å²) < 4.78 is 0. The molecule has 0 aromatic rings. The molecule has 0 saturated heterocycles. The zero-order valence-corrected chi connectivity index (χ0v) is 15.2. The minimum absolute atomic E-state index is 0.0745. The molecular formula is C20H33O5-. The van der Waals surface area contributed by atoms with Crippen molar-refractivity contribution in [3.05, 3.63) is 36.5 Å². The van der Waals surface area contributed by atoms with E-state index in [1.54, 1.807) is 12.2 Å². The fourth-order valence-corrected chi connectivity index (χ4v) is 2.20. The van der Waals surface area contributed by atoms with E-state index in [1.807, 2.05) is 18.2 Å². The van der Waals surface area contributed by atoms with Crippen molar-refractivity contribution in [3.8, 4) is 0 Å². The third kappa shape index (κ3) is 15.8. The van der Waals surface area contributed by atoms with Gasteiger partial charge in [0.1, 0.15) is 0 Å². The lowest BCUT2D eigenvalue weighted by Crippen LogP contribution is -2.23. The highest BCUT2D eigenvalue weighted by Gasteiger charge is 2.11. The fourth-order valence-electron chi connectivity index (χ4n) is 2.20. The highest BCUT2D eigenvalue weighted by atomic mass is 16.4. The lowest BCUT2D eigenvalue weighted by molar-refractivity contribution is -0.305. The van der Waals surface area contributed by atoms with Crippen LogP contribution < -0.4 is 5.11 Å². The van der Waals surface area contributed by atoms with Gasteiger partial charge in [-0.15, -0.1) is 0 Å².